The number of aryl methyl sites for hydroxylation is 3. The molecule has 4 heteroatoms. The van der Waals surface area contributed by atoms with Crippen molar-refractivity contribution in [2.45, 2.75) is 33.6 Å². The number of hydrogen-bond acceptors (Lipinski definition) is 4. The summed E-state index contributed by atoms with van der Waals surface area (Å²) in [5.74, 6) is 1.94. The van der Waals surface area contributed by atoms with E-state index in [1.165, 1.54) is 17.3 Å². The molecule has 0 aliphatic carbocycles. The third kappa shape index (κ3) is 6.26. The maximum atomic E-state index is 8.14. The number of oxime groups is 1. The van der Waals surface area contributed by atoms with Crippen molar-refractivity contribution in [2.24, 2.45) is 5.16 Å². The molecule has 140 valence electrons. The van der Waals surface area contributed by atoms with E-state index in [-0.39, 0.29) is 0 Å². The first kappa shape index (κ1) is 20.2. The predicted molar refractivity (Wildman–Crippen MR) is 110 cm³/mol. The number of aromatic nitrogens is 1. The van der Waals surface area contributed by atoms with Gasteiger partial charge in [0.1, 0.15) is 11.5 Å². The fourth-order valence-electron chi connectivity index (χ4n) is 2.60. The number of nitrogens with zero attached hydrogens (tertiary/aromatic N) is 2. The van der Waals surface area contributed by atoms with Crippen molar-refractivity contribution in [3.63, 3.8) is 0 Å². The summed E-state index contributed by atoms with van der Waals surface area (Å²) in [4.78, 5) is 4.05. The van der Waals surface area contributed by atoms with Crippen LogP contribution in [0.15, 0.2) is 71.9 Å². The molecule has 0 aliphatic heterocycles. The highest BCUT2D eigenvalue weighted by Gasteiger charge is 2.05. The van der Waals surface area contributed by atoms with Crippen LogP contribution in [-0.4, -0.2) is 16.4 Å². The smallest absolute Gasteiger partial charge is 0.130 e. The van der Waals surface area contributed by atoms with E-state index in [9.17, 15) is 0 Å². The summed E-state index contributed by atoms with van der Waals surface area (Å²) in [5, 5.41) is 11.0. The number of rotatable bonds is 5. The highest BCUT2D eigenvalue weighted by Crippen LogP contribution is 2.28. The summed E-state index contributed by atoms with van der Waals surface area (Å²) < 4.78 is 6.02. The number of hydrogen-bond donors (Lipinski definition) is 1. The molecule has 0 saturated carbocycles. The van der Waals surface area contributed by atoms with Gasteiger partial charge in [-0.3, -0.25) is 4.98 Å². The number of para-hydroxylation sites is 2. The van der Waals surface area contributed by atoms with Gasteiger partial charge in [0, 0.05) is 5.69 Å². The molecule has 1 N–H and O–H groups in total. The van der Waals surface area contributed by atoms with E-state index in [0.29, 0.717) is 5.69 Å². The van der Waals surface area contributed by atoms with Crippen LogP contribution in [0.25, 0.3) is 0 Å². The van der Waals surface area contributed by atoms with Gasteiger partial charge in [-0.25, -0.2) is 0 Å². The molecule has 0 aliphatic rings. The zero-order valence-corrected chi connectivity index (χ0v) is 16.1. The van der Waals surface area contributed by atoms with Crippen LogP contribution in [0.4, 0.5) is 0 Å². The molecular weight excluding hydrogens is 336 g/mol. The van der Waals surface area contributed by atoms with Crippen LogP contribution in [0.1, 0.15) is 36.4 Å². The van der Waals surface area contributed by atoms with Crippen LogP contribution in [0, 0.1) is 6.92 Å². The maximum Gasteiger partial charge on any atom is 0.130 e. The van der Waals surface area contributed by atoms with Crippen LogP contribution in [-0.2, 0) is 12.8 Å². The molecule has 0 unspecified atom stereocenters. The Morgan fingerprint density at radius 3 is 1.89 bits per heavy atom. The zero-order valence-electron chi connectivity index (χ0n) is 16.1. The molecule has 27 heavy (non-hydrogen) atoms. The van der Waals surface area contributed by atoms with E-state index in [2.05, 4.69) is 48.3 Å². The van der Waals surface area contributed by atoms with E-state index >= 15 is 0 Å². The van der Waals surface area contributed by atoms with Crippen molar-refractivity contribution in [1.29, 1.82) is 0 Å². The van der Waals surface area contributed by atoms with E-state index < -0.39 is 0 Å². The Hall–Kier alpha value is -3.14. The Bertz CT molecular complexity index is 830. The summed E-state index contributed by atoms with van der Waals surface area (Å²) >= 11 is 0. The molecule has 4 nitrogen and oxygen atoms in total. The summed E-state index contributed by atoms with van der Waals surface area (Å²) in [5.41, 5.74) is 4.08. The number of ether oxygens (including phenoxy) is 1. The Kier molecular flexibility index (Phi) is 8.04. The van der Waals surface area contributed by atoms with Crippen LogP contribution in [0.3, 0.4) is 0 Å². The highest BCUT2D eigenvalue weighted by atomic mass is 16.5. The lowest BCUT2D eigenvalue weighted by molar-refractivity contribution is 0.321. The minimum atomic E-state index is 0.669. The van der Waals surface area contributed by atoms with Crippen molar-refractivity contribution in [1.82, 2.24) is 4.98 Å². The van der Waals surface area contributed by atoms with E-state index in [4.69, 9.17) is 9.94 Å². The lowest BCUT2D eigenvalue weighted by Crippen LogP contribution is -1.93. The third-order valence-corrected chi connectivity index (χ3v) is 4.03. The first-order valence-corrected chi connectivity index (χ1v) is 9.12. The molecule has 3 aromatic rings. The molecular formula is C23H26N2O2. The van der Waals surface area contributed by atoms with Gasteiger partial charge in [0.2, 0.25) is 0 Å². The lowest BCUT2D eigenvalue weighted by atomic mass is 10.1. The molecule has 0 radical (unpaired) electrons. The molecule has 0 bridgehead atoms. The topological polar surface area (TPSA) is 54.7 Å². The minimum absolute atomic E-state index is 0.669. The largest absolute Gasteiger partial charge is 0.457 e. The van der Waals surface area contributed by atoms with E-state index in [1.54, 1.807) is 6.07 Å². The molecule has 0 atom stereocenters. The monoisotopic (exact) mass is 362 g/mol. The summed E-state index contributed by atoms with van der Waals surface area (Å²) in [7, 11) is 0. The molecule has 0 amide bonds. The van der Waals surface area contributed by atoms with Gasteiger partial charge in [0.25, 0.3) is 0 Å². The zero-order chi connectivity index (χ0) is 19.5. The second-order valence-electron chi connectivity index (χ2n) is 5.97. The van der Waals surface area contributed by atoms with Crippen molar-refractivity contribution in [3.8, 4) is 11.5 Å². The molecule has 0 fully saturated rings. The van der Waals surface area contributed by atoms with Crippen molar-refractivity contribution < 1.29 is 9.94 Å². The Morgan fingerprint density at radius 1 is 0.852 bits per heavy atom. The first-order chi connectivity index (χ1) is 13.2. The standard InChI is InChI=1S/C16H18O.C7H8N2O/c1-3-13-9-5-7-11-15(13)17-16-12-8-6-10-14(16)4-2;1-6-3-2-4-7(9-6)5-8-10/h5-12H,3-4H2,1-2H3;2-5,10H,1H3/b;8-5+. The predicted octanol–water partition coefficient (Wildman–Crippen LogP) is 5.80. The second kappa shape index (κ2) is 10.8. The Morgan fingerprint density at radius 2 is 1.41 bits per heavy atom. The number of benzene rings is 2. The van der Waals surface area contributed by atoms with Crippen LogP contribution in [0.2, 0.25) is 0 Å². The molecule has 3 rings (SSSR count). The van der Waals surface area contributed by atoms with Gasteiger partial charge in [-0.15, -0.1) is 0 Å². The average molecular weight is 362 g/mol. The molecule has 1 aromatic heterocycles. The summed E-state index contributed by atoms with van der Waals surface area (Å²) in [6.45, 7) is 6.18. The first-order valence-electron chi connectivity index (χ1n) is 9.12. The molecule has 1 heterocycles. The average Bonchev–Trinajstić information content (AvgIpc) is 2.70. The fourth-order valence-corrected chi connectivity index (χ4v) is 2.60. The van der Waals surface area contributed by atoms with Crippen LogP contribution in [0.5, 0.6) is 11.5 Å². The van der Waals surface area contributed by atoms with Crippen LogP contribution < -0.4 is 4.74 Å². The van der Waals surface area contributed by atoms with Gasteiger partial charge in [0.15, 0.2) is 0 Å². The molecule has 0 spiro atoms. The summed E-state index contributed by atoms with van der Waals surface area (Å²) in [6.07, 6.45) is 3.28. The van der Waals surface area contributed by atoms with Gasteiger partial charge in [-0.2, -0.15) is 0 Å². The summed E-state index contributed by atoms with van der Waals surface area (Å²) in [6, 6.07) is 22.0. The third-order valence-electron chi connectivity index (χ3n) is 4.03. The fraction of sp³-hybridized carbons (Fsp3) is 0.217. The second-order valence-corrected chi connectivity index (χ2v) is 5.97. The molecule has 2 aromatic carbocycles. The lowest BCUT2D eigenvalue weighted by Gasteiger charge is -2.12. The minimum Gasteiger partial charge on any atom is -0.457 e. The van der Waals surface area contributed by atoms with Gasteiger partial charge in [-0.05, 0) is 55.2 Å². The SMILES string of the molecule is CCc1ccccc1Oc1ccccc1CC.Cc1cccc(/C=N/O)n1. The maximum absolute atomic E-state index is 8.14. The van der Waals surface area contributed by atoms with Gasteiger partial charge < -0.3 is 9.94 Å². The Balaban J connectivity index is 0.000000223. The highest BCUT2D eigenvalue weighted by molar-refractivity contribution is 5.76. The number of pyridine rings is 1. The molecule has 0 saturated heterocycles. The van der Waals surface area contributed by atoms with Gasteiger partial charge >= 0.3 is 0 Å². The van der Waals surface area contributed by atoms with E-state index in [1.807, 2.05) is 43.3 Å². The van der Waals surface area contributed by atoms with Crippen molar-refractivity contribution >= 4 is 6.21 Å². The van der Waals surface area contributed by atoms with Crippen molar-refractivity contribution in [3.05, 3.63) is 89.2 Å². The van der Waals surface area contributed by atoms with E-state index in [0.717, 1.165) is 30.0 Å². The van der Waals surface area contributed by atoms with Crippen LogP contribution >= 0.6 is 0 Å². The van der Waals surface area contributed by atoms with Crippen molar-refractivity contribution in [2.75, 3.05) is 0 Å². The van der Waals surface area contributed by atoms with Gasteiger partial charge in [-0.1, -0.05) is 61.5 Å². The quantitative estimate of drug-likeness (QED) is 0.354. The Labute approximate surface area is 161 Å². The van der Waals surface area contributed by atoms with Gasteiger partial charge in [0.05, 0.1) is 11.9 Å². The normalized spacial score (nSPS) is 10.3.